The van der Waals surface area contributed by atoms with E-state index in [-0.39, 0.29) is 5.56 Å². The number of carboxylic acids is 1. The lowest BCUT2D eigenvalue weighted by Crippen LogP contribution is -2.02. The van der Waals surface area contributed by atoms with Gasteiger partial charge in [0.15, 0.2) is 0 Å². The van der Waals surface area contributed by atoms with Crippen LogP contribution in [0, 0.1) is 5.82 Å². The van der Waals surface area contributed by atoms with E-state index in [1.807, 2.05) is 18.2 Å². The molecule has 1 N–H and O–H groups in total. The maximum absolute atomic E-state index is 14.2. The number of halogens is 1. The SMILES string of the molecule is CCc1ccc(-c2cccc(C(=O)O)c2F)cc1CC. The Hall–Kier alpha value is -2.16. The second-order valence-electron chi connectivity index (χ2n) is 4.66. The molecule has 0 heterocycles. The molecule has 0 aromatic heterocycles. The molecule has 0 aliphatic heterocycles. The summed E-state index contributed by atoms with van der Waals surface area (Å²) in [5, 5.41) is 8.98. The molecule has 0 saturated heterocycles. The molecule has 0 saturated carbocycles. The van der Waals surface area contributed by atoms with Gasteiger partial charge in [-0.2, -0.15) is 0 Å². The summed E-state index contributed by atoms with van der Waals surface area (Å²) in [6.07, 6.45) is 1.80. The van der Waals surface area contributed by atoms with Crippen LogP contribution in [-0.4, -0.2) is 11.1 Å². The molecular formula is C17H17FO2. The van der Waals surface area contributed by atoms with Crippen LogP contribution in [0.25, 0.3) is 11.1 Å². The van der Waals surface area contributed by atoms with E-state index in [9.17, 15) is 9.18 Å². The predicted octanol–water partition coefficient (Wildman–Crippen LogP) is 4.32. The molecule has 2 nitrogen and oxygen atoms in total. The second kappa shape index (κ2) is 5.87. The number of hydrogen-bond acceptors (Lipinski definition) is 1. The fraction of sp³-hybridized carbons (Fsp3) is 0.235. The molecular weight excluding hydrogens is 255 g/mol. The van der Waals surface area contributed by atoms with Gasteiger partial charge < -0.3 is 5.11 Å². The van der Waals surface area contributed by atoms with Crippen LogP contribution in [0.1, 0.15) is 35.3 Å². The van der Waals surface area contributed by atoms with Gasteiger partial charge in [-0.1, -0.05) is 44.2 Å². The van der Waals surface area contributed by atoms with Gasteiger partial charge in [0.25, 0.3) is 0 Å². The first-order valence-corrected chi connectivity index (χ1v) is 6.72. The van der Waals surface area contributed by atoms with Crippen molar-refractivity contribution < 1.29 is 14.3 Å². The molecule has 104 valence electrons. The third-order valence-corrected chi connectivity index (χ3v) is 3.51. The Morgan fingerprint density at radius 3 is 2.40 bits per heavy atom. The standard InChI is InChI=1S/C17H17FO2/c1-3-11-8-9-13(10-12(11)4-2)14-6-5-7-15(16(14)18)17(19)20/h5-10H,3-4H2,1-2H3,(H,19,20). The van der Waals surface area contributed by atoms with Gasteiger partial charge in [-0.15, -0.1) is 0 Å². The summed E-state index contributed by atoms with van der Waals surface area (Å²) in [6.45, 7) is 4.14. The smallest absolute Gasteiger partial charge is 0.338 e. The third-order valence-electron chi connectivity index (χ3n) is 3.51. The molecule has 2 aromatic rings. The van der Waals surface area contributed by atoms with Crippen molar-refractivity contribution in [2.75, 3.05) is 0 Å². The van der Waals surface area contributed by atoms with E-state index < -0.39 is 11.8 Å². The lowest BCUT2D eigenvalue weighted by atomic mass is 9.95. The first-order chi connectivity index (χ1) is 9.58. The molecule has 2 rings (SSSR count). The molecule has 20 heavy (non-hydrogen) atoms. The van der Waals surface area contributed by atoms with Gasteiger partial charge in [0.1, 0.15) is 5.82 Å². The van der Waals surface area contributed by atoms with Gasteiger partial charge in [0.2, 0.25) is 0 Å². The number of benzene rings is 2. The molecule has 2 aromatic carbocycles. The summed E-state index contributed by atoms with van der Waals surface area (Å²) in [5.74, 6) is -1.92. The monoisotopic (exact) mass is 272 g/mol. The third kappa shape index (κ3) is 2.57. The fourth-order valence-corrected chi connectivity index (χ4v) is 2.39. The minimum Gasteiger partial charge on any atom is -0.478 e. The fourth-order valence-electron chi connectivity index (χ4n) is 2.39. The average molecular weight is 272 g/mol. The average Bonchev–Trinajstić information content (AvgIpc) is 2.46. The Kier molecular flexibility index (Phi) is 4.18. The highest BCUT2D eigenvalue weighted by Gasteiger charge is 2.15. The quantitative estimate of drug-likeness (QED) is 0.900. The van der Waals surface area contributed by atoms with Crippen molar-refractivity contribution in [3.05, 3.63) is 58.9 Å². The molecule has 3 heteroatoms. The lowest BCUT2D eigenvalue weighted by molar-refractivity contribution is 0.0692. The van der Waals surface area contributed by atoms with E-state index >= 15 is 0 Å². The van der Waals surface area contributed by atoms with Crippen LogP contribution in [0.4, 0.5) is 4.39 Å². The Labute approximate surface area is 117 Å². The van der Waals surface area contributed by atoms with Gasteiger partial charge in [-0.25, -0.2) is 9.18 Å². The molecule has 0 radical (unpaired) electrons. The first-order valence-electron chi connectivity index (χ1n) is 6.72. The van der Waals surface area contributed by atoms with Crippen molar-refractivity contribution in [2.24, 2.45) is 0 Å². The number of hydrogen-bond donors (Lipinski definition) is 1. The number of carboxylic acid groups (broad SMARTS) is 1. The van der Waals surface area contributed by atoms with Crippen molar-refractivity contribution >= 4 is 5.97 Å². The van der Waals surface area contributed by atoms with Crippen LogP contribution in [-0.2, 0) is 12.8 Å². The van der Waals surface area contributed by atoms with Gasteiger partial charge >= 0.3 is 5.97 Å². The zero-order valence-electron chi connectivity index (χ0n) is 11.6. The zero-order chi connectivity index (χ0) is 14.7. The topological polar surface area (TPSA) is 37.3 Å². The second-order valence-corrected chi connectivity index (χ2v) is 4.66. The highest BCUT2D eigenvalue weighted by Crippen LogP contribution is 2.27. The van der Waals surface area contributed by atoms with Crippen LogP contribution in [0.15, 0.2) is 36.4 Å². The van der Waals surface area contributed by atoms with Gasteiger partial charge in [0, 0.05) is 5.56 Å². The molecule has 0 aliphatic rings. The van der Waals surface area contributed by atoms with Crippen LogP contribution >= 0.6 is 0 Å². The van der Waals surface area contributed by atoms with Crippen LogP contribution in [0.2, 0.25) is 0 Å². The van der Waals surface area contributed by atoms with Crippen molar-refractivity contribution in [1.29, 1.82) is 0 Å². The van der Waals surface area contributed by atoms with Crippen LogP contribution in [0.3, 0.4) is 0 Å². The van der Waals surface area contributed by atoms with Crippen molar-refractivity contribution in [1.82, 2.24) is 0 Å². The van der Waals surface area contributed by atoms with Crippen molar-refractivity contribution in [3.63, 3.8) is 0 Å². The number of aromatic carboxylic acids is 1. The summed E-state index contributed by atoms with van der Waals surface area (Å²) in [5.41, 5.74) is 3.18. The van der Waals surface area contributed by atoms with Crippen LogP contribution in [0.5, 0.6) is 0 Å². The zero-order valence-corrected chi connectivity index (χ0v) is 11.6. The summed E-state index contributed by atoms with van der Waals surface area (Å²) in [4.78, 5) is 11.0. The predicted molar refractivity (Wildman–Crippen MR) is 77.6 cm³/mol. The largest absolute Gasteiger partial charge is 0.478 e. The minimum absolute atomic E-state index is 0.292. The minimum atomic E-state index is -1.25. The molecule has 0 fully saturated rings. The summed E-state index contributed by atoms with van der Waals surface area (Å²) in [7, 11) is 0. The molecule has 0 unspecified atom stereocenters. The molecule has 0 spiro atoms. The molecule has 0 bridgehead atoms. The lowest BCUT2D eigenvalue weighted by Gasteiger charge is -2.11. The highest BCUT2D eigenvalue weighted by molar-refractivity contribution is 5.90. The van der Waals surface area contributed by atoms with E-state index in [0.29, 0.717) is 5.56 Å². The van der Waals surface area contributed by atoms with Crippen molar-refractivity contribution in [3.8, 4) is 11.1 Å². The highest BCUT2D eigenvalue weighted by atomic mass is 19.1. The molecule has 0 aliphatic carbocycles. The summed E-state index contributed by atoms with van der Waals surface area (Å²) in [6, 6.07) is 10.2. The normalized spacial score (nSPS) is 10.6. The number of rotatable bonds is 4. The van der Waals surface area contributed by atoms with Gasteiger partial charge in [0.05, 0.1) is 5.56 Å². The van der Waals surface area contributed by atoms with E-state index in [4.69, 9.17) is 5.11 Å². The summed E-state index contributed by atoms with van der Waals surface area (Å²) >= 11 is 0. The number of carbonyl (C=O) groups is 1. The van der Waals surface area contributed by atoms with Gasteiger partial charge in [-0.3, -0.25) is 0 Å². The maximum Gasteiger partial charge on any atom is 0.338 e. The number of aryl methyl sites for hydroxylation is 2. The van der Waals surface area contributed by atoms with Crippen LogP contribution < -0.4 is 0 Å². The first kappa shape index (κ1) is 14.3. The maximum atomic E-state index is 14.2. The molecule has 0 atom stereocenters. The van der Waals surface area contributed by atoms with E-state index in [2.05, 4.69) is 13.8 Å². The summed E-state index contributed by atoms with van der Waals surface area (Å²) < 4.78 is 14.2. The van der Waals surface area contributed by atoms with Crippen molar-refractivity contribution in [2.45, 2.75) is 26.7 Å². The van der Waals surface area contributed by atoms with E-state index in [0.717, 1.165) is 18.4 Å². The Bertz CT molecular complexity index is 647. The molecule has 0 amide bonds. The van der Waals surface area contributed by atoms with E-state index in [1.165, 1.54) is 17.2 Å². The Morgan fingerprint density at radius 1 is 1.10 bits per heavy atom. The van der Waals surface area contributed by atoms with Gasteiger partial charge in [-0.05, 0) is 35.6 Å². The Balaban J connectivity index is 2.57. The van der Waals surface area contributed by atoms with E-state index in [1.54, 1.807) is 12.1 Å². The Morgan fingerprint density at radius 2 is 1.80 bits per heavy atom.